The van der Waals surface area contributed by atoms with Crippen LogP contribution in [0.3, 0.4) is 0 Å². The van der Waals surface area contributed by atoms with Crippen molar-refractivity contribution in [3.63, 3.8) is 0 Å². The van der Waals surface area contributed by atoms with E-state index in [1.54, 1.807) is 0 Å². The number of hydrogen-bond donors (Lipinski definition) is 1. The first-order valence-corrected chi connectivity index (χ1v) is 6.07. The number of piperidine rings is 1. The number of ether oxygens (including phenoxy) is 1. The predicted molar refractivity (Wildman–Crippen MR) is 57.9 cm³/mol. The van der Waals surface area contributed by atoms with Crippen molar-refractivity contribution in [1.29, 1.82) is 0 Å². The molecule has 0 aliphatic carbocycles. The third-order valence-electron chi connectivity index (χ3n) is 3.62. The number of alkyl halides is 3. The number of amides is 1. The Morgan fingerprint density at radius 1 is 1.37 bits per heavy atom. The Morgan fingerprint density at radius 3 is 2.58 bits per heavy atom. The van der Waals surface area contributed by atoms with Crippen LogP contribution in [0.1, 0.15) is 19.3 Å². The van der Waals surface area contributed by atoms with E-state index in [2.05, 4.69) is 10.1 Å². The van der Waals surface area contributed by atoms with Gasteiger partial charge in [0.2, 0.25) is 5.91 Å². The molecule has 1 N–H and O–H groups in total. The first kappa shape index (κ1) is 14.1. The predicted octanol–water partition coefficient (Wildman–Crippen LogP) is 0.651. The van der Waals surface area contributed by atoms with Gasteiger partial charge in [0, 0.05) is 13.0 Å². The number of likely N-dealkylation sites (tertiary alicyclic amines) is 1. The molecule has 5 nitrogen and oxygen atoms in total. The van der Waals surface area contributed by atoms with Gasteiger partial charge < -0.3 is 15.0 Å². The molecule has 0 radical (unpaired) electrons. The number of carbonyl (C=O) groups is 2. The summed E-state index contributed by atoms with van der Waals surface area (Å²) < 4.78 is 38.9. The summed E-state index contributed by atoms with van der Waals surface area (Å²) >= 11 is 0. The van der Waals surface area contributed by atoms with E-state index in [9.17, 15) is 22.8 Å². The van der Waals surface area contributed by atoms with Gasteiger partial charge in [-0.1, -0.05) is 0 Å². The van der Waals surface area contributed by atoms with Gasteiger partial charge >= 0.3 is 12.3 Å². The lowest BCUT2D eigenvalue weighted by molar-refractivity contribution is -0.305. The molecule has 8 heteroatoms. The number of nitrogens with zero attached hydrogens (tertiary/aromatic N) is 1. The van der Waals surface area contributed by atoms with Crippen molar-refractivity contribution >= 4 is 11.9 Å². The third kappa shape index (κ3) is 3.59. The topological polar surface area (TPSA) is 58.6 Å². The summed E-state index contributed by atoms with van der Waals surface area (Å²) in [6.07, 6.45) is -3.10. The van der Waals surface area contributed by atoms with Gasteiger partial charge in [0.15, 0.2) is 0 Å². The van der Waals surface area contributed by atoms with E-state index in [1.165, 1.54) is 4.90 Å². The maximum absolute atomic E-state index is 11.9. The Balaban J connectivity index is 1.91. The SMILES string of the molecule is O=C(CN1CC2(CCNCC2)CC1=O)OC(F)(F)F. The van der Waals surface area contributed by atoms with Gasteiger partial charge in [-0.3, -0.25) is 4.79 Å². The molecular weight excluding hydrogens is 265 g/mol. The van der Waals surface area contributed by atoms with Crippen LogP contribution in [0.5, 0.6) is 0 Å². The molecule has 108 valence electrons. The van der Waals surface area contributed by atoms with Crippen LogP contribution < -0.4 is 5.32 Å². The number of carbonyl (C=O) groups excluding carboxylic acids is 2. The van der Waals surface area contributed by atoms with Gasteiger partial charge in [0.1, 0.15) is 6.54 Å². The molecule has 2 saturated heterocycles. The second kappa shape index (κ2) is 4.99. The van der Waals surface area contributed by atoms with E-state index in [4.69, 9.17) is 0 Å². The van der Waals surface area contributed by atoms with Crippen LogP contribution in [-0.4, -0.2) is 49.3 Å². The molecule has 2 heterocycles. The highest BCUT2D eigenvalue weighted by atomic mass is 19.4. The van der Waals surface area contributed by atoms with E-state index >= 15 is 0 Å². The molecule has 2 rings (SSSR count). The van der Waals surface area contributed by atoms with Crippen LogP contribution >= 0.6 is 0 Å². The fraction of sp³-hybridized carbons (Fsp3) is 0.818. The zero-order chi connectivity index (χ0) is 14.1. The van der Waals surface area contributed by atoms with Crippen molar-refractivity contribution in [1.82, 2.24) is 10.2 Å². The average molecular weight is 280 g/mol. The third-order valence-corrected chi connectivity index (χ3v) is 3.62. The summed E-state index contributed by atoms with van der Waals surface area (Å²) in [7, 11) is 0. The van der Waals surface area contributed by atoms with Crippen molar-refractivity contribution < 1.29 is 27.5 Å². The monoisotopic (exact) mass is 280 g/mol. The molecule has 0 aromatic carbocycles. The van der Waals surface area contributed by atoms with Gasteiger partial charge in [0.05, 0.1) is 0 Å². The summed E-state index contributed by atoms with van der Waals surface area (Å²) in [4.78, 5) is 24.0. The lowest BCUT2D eigenvalue weighted by Gasteiger charge is -2.32. The van der Waals surface area contributed by atoms with E-state index in [1.807, 2.05) is 0 Å². The van der Waals surface area contributed by atoms with Crippen LogP contribution in [0.4, 0.5) is 13.2 Å². The van der Waals surface area contributed by atoms with Gasteiger partial charge in [0.25, 0.3) is 0 Å². The molecule has 0 bridgehead atoms. The summed E-state index contributed by atoms with van der Waals surface area (Å²) in [5.41, 5.74) is -0.194. The van der Waals surface area contributed by atoms with Gasteiger partial charge in [-0.25, -0.2) is 4.79 Å². The summed E-state index contributed by atoms with van der Waals surface area (Å²) in [6, 6.07) is 0. The highest BCUT2D eigenvalue weighted by Gasteiger charge is 2.45. The van der Waals surface area contributed by atoms with E-state index < -0.39 is 18.9 Å². The molecular formula is C11H15F3N2O3. The molecule has 0 atom stereocenters. The van der Waals surface area contributed by atoms with Gasteiger partial charge in [-0.15, -0.1) is 13.2 Å². The minimum absolute atomic E-state index is 0.194. The Kier molecular flexibility index (Phi) is 3.71. The van der Waals surface area contributed by atoms with Crippen molar-refractivity contribution in [3.05, 3.63) is 0 Å². The summed E-state index contributed by atoms with van der Waals surface area (Å²) in [5, 5.41) is 3.17. The minimum Gasteiger partial charge on any atom is -0.372 e. The van der Waals surface area contributed by atoms with Crippen molar-refractivity contribution in [2.24, 2.45) is 5.41 Å². The average Bonchev–Trinajstić information content (AvgIpc) is 2.53. The number of esters is 1. The normalized spacial score (nSPS) is 22.9. The number of hydrogen-bond acceptors (Lipinski definition) is 4. The summed E-state index contributed by atoms with van der Waals surface area (Å²) in [6.45, 7) is 1.27. The molecule has 0 saturated carbocycles. The first-order valence-electron chi connectivity index (χ1n) is 6.07. The van der Waals surface area contributed by atoms with E-state index in [0.29, 0.717) is 13.0 Å². The van der Waals surface area contributed by atoms with Crippen LogP contribution in [0.15, 0.2) is 0 Å². The van der Waals surface area contributed by atoms with Gasteiger partial charge in [-0.05, 0) is 31.3 Å². The molecule has 0 aromatic heterocycles. The van der Waals surface area contributed by atoms with Crippen molar-refractivity contribution in [2.45, 2.75) is 25.6 Å². The fourth-order valence-electron chi connectivity index (χ4n) is 2.73. The first-order chi connectivity index (χ1) is 8.80. The van der Waals surface area contributed by atoms with Crippen molar-refractivity contribution in [2.75, 3.05) is 26.2 Å². The number of nitrogens with one attached hydrogen (secondary N) is 1. The highest BCUT2D eigenvalue weighted by molar-refractivity contribution is 5.84. The highest BCUT2D eigenvalue weighted by Crippen LogP contribution is 2.39. The molecule has 0 unspecified atom stereocenters. The molecule has 1 spiro atoms. The van der Waals surface area contributed by atoms with Gasteiger partial charge in [-0.2, -0.15) is 0 Å². The lowest BCUT2D eigenvalue weighted by Crippen LogP contribution is -2.40. The zero-order valence-corrected chi connectivity index (χ0v) is 10.3. The molecule has 1 amide bonds. The standard InChI is InChI=1S/C11H15F3N2O3/c12-11(13,14)19-9(18)6-16-7-10(5-8(16)17)1-3-15-4-2-10/h15H,1-7H2. The van der Waals surface area contributed by atoms with E-state index in [-0.39, 0.29) is 11.3 Å². The molecule has 2 aliphatic heterocycles. The minimum atomic E-state index is -4.99. The fourth-order valence-corrected chi connectivity index (χ4v) is 2.73. The quantitative estimate of drug-likeness (QED) is 0.755. The molecule has 19 heavy (non-hydrogen) atoms. The number of halogens is 3. The Labute approximate surface area is 108 Å². The van der Waals surface area contributed by atoms with E-state index in [0.717, 1.165) is 25.9 Å². The molecule has 2 aliphatic rings. The Morgan fingerprint density at radius 2 is 2.00 bits per heavy atom. The molecule has 2 fully saturated rings. The Bertz CT molecular complexity index is 378. The smallest absolute Gasteiger partial charge is 0.372 e. The second-order valence-corrected chi connectivity index (χ2v) is 5.10. The van der Waals surface area contributed by atoms with Crippen LogP contribution in [0, 0.1) is 5.41 Å². The van der Waals surface area contributed by atoms with Crippen LogP contribution in [-0.2, 0) is 14.3 Å². The Hall–Kier alpha value is -1.31. The largest absolute Gasteiger partial charge is 0.575 e. The second-order valence-electron chi connectivity index (χ2n) is 5.10. The maximum atomic E-state index is 11.9. The van der Waals surface area contributed by atoms with Crippen LogP contribution in [0.2, 0.25) is 0 Å². The summed E-state index contributed by atoms with van der Waals surface area (Å²) in [5.74, 6) is -1.71. The maximum Gasteiger partial charge on any atom is 0.575 e. The zero-order valence-electron chi connectivity index (χ0n) is 10.3. The number of rotatable bonds is 2. The molecule has 0 aromatic rings. The lowest BCUT2D eigenvalue weighted by atomic mass is 9.78. The van der Waals surface area contributed by atoms with Crippen molar-refractivity contribution in [3.8, 4) is 0 Å². The van der Waals surface area contributed by atoms with Crippen LogP contribution in [0.25, 0.3) is 0 Å².